The van der Waals surface area contributed by atoms with Gasteiger partial charge >= 0.3 is 0 Å². The minimum absolute atomic E-state index is 0.0321. The van der Waals surface area contributed by atoms with Gasteiger partial charge in [0, 0.05) is 17.5 Å². The Balaban J connectivity index is 1.26. The molecular weight excluding hydrogens is 402 g/mol. The highest BCUT2D eigenvalue weighted by molar-refractivity contribution is 5.95. The van der Waals surface area contributed by atoms with E-state index < -0.39 is 6.29 Å². The summed E-state index contributed by atoms with van der Waals surface area (Å²) >= 11 is 0. The van der Waals surface area contributed by atoms with Gasteiger partial charge in [0.25, 0.3) is 0 Å². The lowest BCUT2D eigenvalue weighted by Crippen LogP contribution is -2.57. The third-order valence-electron chi connectivity index (χ3n) is 10.0. The average molecular weight is 432 g/mol. The predicted octanol–water partition coefficient (Wildman–Crippen LogP) is 3.74. The van der Waals surface area contributed by atoms with Crippen LogP contribution in [0.4, 0.5) is 0 Å². The van der Waals surface area contributed by atoms with Crippen LogP contribution in [-0.4, -0.2) is 41.5 Å². The number of ketones is 2. The first-order valence-electron chi connectivity index (χ1n) is 12.5. The van der Waals surface area contributed by atoms with Crippen LogP contribution in [0.5, 0.6) is 0 Å². The molecular formula is C27H29NO4. The van der Waals surface area contributed by atoms with E-state index in [0.717, 1.165) is 42.6 Å². The molecule has 1 aromatic rings. The molecule has 5 heteroatoms. The van der Waals surface area contributed by atoms with Gasteiger partial charge in [0.05, 0.1) is 30.7 Å². The van der Waals surface area contributed by atoms with Gasteiger partial charge < -0.3 is 14.4 Å². The molecule has 5 nitrogen and oxygen atoms in total. The second-order valence-electron chi connectivity index (χ2n) is 11.7. The molecule has 0 spiro atoms. The predicted molar refractivity (Wildman–Crippen MR) is 116 cm³/mol. The molecule has 4 aliphatic heterocycles. The molecule has 166 valence electrons. The molecule has 32 heavy (non-hydrogen) atoms. The fourth-order valence-electron chi connectivity index (χ4n) is 9.35. The highest BCUT2D eigenvalue weighted by Crippen LogP contribution is 2.63. The van der Waals surface area contributed by atoms with Crippen molar-refractivity contribution in [3.05, 3.63) is 41.6 Å². The molecule has 4 saturated carbocycles. The van der Waals surface area contributed by atoms with E-state index in [2.05, 4.69) is 29.3 Å². The Labute approximate surface area is 188 Å². The third kappa shape index (κ3) is 2.22. The summed E-state index contributed by atoms with van der Waals surface area (Å²) in [5.74, 6) is 2.24. The first-order valence-corrected chi connectivity index (χ1v) is 12.5. The van der Waals surface area contributed by atoms with E-state index in [9.17, 15) is 9.59 Å². The van der Waals surface area contributed by atoms with Crippen molar-refractivity contribution < 1.29 is 19.1 Å². The van der Waals surface area contributed by atoms with Crippen molar-refractivity contribution in [3.8, 4) is 0 Å². The molecule has 6 atom stereocenters. The van der Waals surface area contributed by atoms with Gasteiger partial charge in [0.15, 0.2) is 11.6 Å². The summed E-state index contributed by atoms with van der Waals surface area (Å²) in [6.45, 7) is 0.425. The number of benzene rings is 1. The van der Waals surface area contributed by atoms with Crippen molar-refractivity contribution in [1.29, 1.82) is 0 Å². The van der Waals surface area contributed by atoms with Crippen LogP contribution in [0, 0.1) is 35.0 Å². The van der Waals surface area contributed by atoms with E-state index in [1.54, 1.807) is 0 Å². The van der Waals surface area contributed by atoms with E-state index in [-0.39, 0.29) is 41.2 Å². The Morgan fingerprint density at radius 1 is 1.03 bits per heavy atom. The van der Waals surface area contributed by atoms with E-state index in [4.69, 9.17) is 9.47 Å². The van der Waals surface area contributed by atoms with Crippen LogP contribution in [0.15, 0.2) is 30.5 Å². The van der Waals surface area contributed by atoms with Gasteiger partial charge in [-0.05, 0) is 73.5 Å². The minimum Gasteiger partial charge on any atom is -0.359 e. The van der Waals surface area contributed by atoms with Crippen molar-refractivity contribution in [1.82, 2.24) is 4.90 Å². The van der Waals surface area contributed by atoms with Crippen molar-refractivity contribution in [2.45, 2.75) is 63.0 Å². The van der Waals surface area contributed by atoms with Crippen LogP contribution < -0.4 is 0 Å². The molecule has 1 aromatic carbocycles. The normalized spacial score (nSPS) is 49.2. The quantitative estimate of drug-likeness (QED) is 0.714. The molecule has 0 radical (unpaired) electrons. The zero-order chi connectivity index (χ0) is 21.2. The number of hydrogen-bond donors (Lipinski definition) is 0. The molecule has 0 aromatic heterocycles. The monoisotopic (exact) mass is 431 g/mol. The molecule has 0 amide bonds. The highest BCUT2D eigenvalue weighted by atomic mass is 16.7. The summed E-state index contributed by atoms with van der Waals surface area (Å²) in [5.41, 5.74) is 2.13. The van der Waals surface area contributed by atoms with Gasteiger partial charge in [0.2, 0.25) is 6.29 Å². The maximum Gasteiger partial charge on any atom is 0.218 e. The molecule has 0 unspecified atom stereocenters. The van der Waals surface area contributed by atoms with Crippen LogP contribution in [0.2, 0.25) is 0 Å². The molecule has 8 aliphatic rings. The number of Topliss-reactive ketones (excluding diaryl/α,β-unsaturated/α-hetero) is 2. The molecule has 0 N–H and O–H groups in total. The van der Waals surface area contributed by atoms with Gasteiger partial charge in [-0.3, -0.25) is 9.59 Å². The number of fused-ring (bicyclic) bond motifs is 8. The van der Waals surface area contributed by atoms with Crippen LogP contribution in [-0.2, 0) is 19.1 Å². The largest absolute Gasteiger partial charge is 0.359 e. The Morgan fingerprint density at radius 2 is 1.75 bits per heavy atom. The van der Waals surface area contributed by atoms with Crippen molar-refractivity contribution in [3.63, 3.8) is 0 Å². The molecule has 9 rings (SSSR count). The molecule has 7 fully saturated rings. The second kappa shape index (κ2) is 6.12. The Morgan fingerprint density at radius 3 is 2.50 bits per heavy atom. The first kappa shape index (κ1) is 18.4. The summed E-state index contributed by atoms with van der Waals surface area (Å²) < 4.78 is 11.8. The van der Waals surface area contributed by atoms with E-state index in [1.165, 1.54) is 24.8 Å². The molecule has 4 aliphatic carbocycles. The van der Waals surface area contributed by atoms with Crippen molar-refractivity contribution in [2.75, 3.05) is 6.61 Å². The zero-order valence-electron chi connectivity index (χ0n) is 18.2. The van der Waals surface area contributed by atoms with Crippen LogP contribution in [0.3, 0.4) is 0 Å². The molecule has 4 heterocycles. The minimum atomic E-state index is -0.755. The Hall–Kier alpha value is -1.98. The second-order valence-corrected chi connectivity index (χ2v) is 11.7. The zero-order valence-corrected chi connectivity index (χ0v) is 18.2. The lowest BCUT2D eigenvalue weighted by molar-refractivity contribution is -0.166. The lowest BCUT2D eigenvalue weighted by atomic mass is 9.47. The average Bonchev–Trinajstić information content (AvgIpc) is 3.37. The highest BCUT2D eigenvalue weighted by Gasteiger charge is 2.66. The molecule has 3 saturated heterocycles. The SMILES string of the molecule is O=C1[C@H]2OC[C@@H](O2)[C@@H]2[C@@H]1[C@@H]1c3ccccc3C=CN1[C@H]2C(=O)C12CC3CC(CC(C3)C1)C2. The number of ether oxygens (including phenoxy) is 2. The van der Waals surface area contributed by atoms with E-state index in [1.807, 2.05) is 12.1 Å². The van der Waals surface area contributed by atoms with E-state index >= 15 is 0 Å². The smallest absolute Gasteiger partial charge is 0.218 e. The summed E-state index contributed by atoms with van der Waals surface area (Å²) in [7, 11) is 0. The van der Waals surface area contributed by atoms with Crippen LogP contribution in [0.1, 0.15) is 55.7 Å². The van der Waals surface area contributed by atoms with Gasteiger partial charge in [-0.15, -0.1) is 0 Å². The Kier molecular flexibility index (Phi) is 3.53. The Bertz CT molecular complexity index is 1030. The summed E-state index contributed by atoms with van der Waals surface area (Å²) in [4.78, 5) is 30.4. The van der Waals surface area contributed by atoms with Gasteiger partial charge in [-0.1, -0.05) is 24.3 Å². The summed E-state index contributed by atoms with van der Waals surface area (Å²) in [6.07, 6.45) is 10.5. The number of rotatable bonds is 2. The number of nitrogens with zero attached hydrogens (tertiary/aromatic N) is 1. The lowest BCUT2D eigenvalue weighted by Gasteiger charge is -2.57. The van der Waals surface area contributed by atoms with Crippen LogP contribution >= 0.6 is 0 Å². The fourth-order valence-corrected chi connectivity index (χ4v) is 9.35. The topological polar surface area (TPSA) is 55.8 Å². The standard InChI is InChI=1S/C27H29NO4/c29-24-21-20(19-13-31-26(24)32-19)23(28-6-5-17-3-1-2-4-18(17)22(21)28)25(30)27-10-14-7-15(11-27)9-16(8-14)12-27/h1-6,14-16,19-23,26H,7-13H2/t14?,15?,16?,19-,20-,21-,22+,23-,26+,27?/m1/s1. The summed E-state index contributed by atoms with van der Waals surface area (Å²) in [5, 5.41) is 0. The molecule has 6 bridgehead atoms. The fraction of sp³-hybridized carbons (Fsp3) is 0.630. The maximum absolute atomic E-state index is 14.6. The van der Waals surface area contributed by atoms with Gasteiger partial charge in [-0.25, -0.2) is 0 Å². The van der Waals surface area contributed by atoms with Crippen molar-refractivity contribution in [2.24, 2.45) is 35.0 Å². The third-order valence-corrected chi connectivity index (χ3v) is 10.0. The van der Waals surface area contributed by atoms with E-state index in [0.29, 0.717) is 12.4 Å². The summed E-state index contributed by atoms with van der Waals surface area (Å²) in [6, 6.07) is 7.96. The number of carbonyl (C=O) groups excluding carboxylic acids is 2. The van der Waals surface area contributed by atoms with Gasteiger partial charge in [-0.2, -0.15) is 0 Å². The number of hydrogen-bond acceptors (Lipinski definition) is 5. The van der Waals surface area contributed by atoms with Crippen LogP contribution in [0.25, 0.3) is 6.08 Å². The maximum atomic E-state index is 14.6. The van der Waals surface area contributed by atoms with Crippen molar-refractivity contribution >= 4 is 17.6 Å². The van der Waals surface area contributed by atoms with Gasteiger partial charge in [0.1, 0.15) is 0 Å². The number of carbonyl (C=O) groups is 2. The first-order chi connectivity index (χ1) is 15.6.